The Balaban J connectivity index is 1.64. The van der Waals surface area contributed by atoms with Crippen LogP contribution in [-0.4, -0.2) is 27.8 Å². The molecule has 7 nitrogen and oxygen atoms in total. The first-order valence-corrected chi connectivity index (χ1v) is 9.35. The molecule has 9 heteroatoms. The number of methoxy groups -OCH3 is 1. The predicted octanol–water partition coefficient (Wildman–Crippen LogP) is 3.76. The van der Waals surface area contributed by atoms with Crippen LogP contribution in [0, 0.1) is 0 Å². The van der Waals surface area contributed by atoms with E-state index >= 15 is 0 Å². The average molecular weight is 413 g/mol. The molecule has 4 aromatic rings. The van der Waals surface area contributed by atoms with Crippen molar-refractivity contribution in [2.24, 2.45) is 0 Å². The van der Waals surface area contributed by atoms with Crippen molar-refractivity contribution in [2.75, 3.05) is 12.4 Å². The summed E-state index contributed by atoms with van der Waals surface area (Å²) in [7, 11) is 1.58. The third kappa shape index (κ3) is 3.60. The number of ether oxygens (including phenoxy) is 1. The molecule has 0 saturated carbocycles. The van der Waals surface area contributed by atoms with E-state index in [0.717, 1.165) is 10.2 Å². The van der Waals surface area contributed by atoms with E-state index in [1.165, 1.54) is 28.3 Å². The van der Waals surface area contributed by atoms with E-state index in [1.54, 1.807) is 43.5 Å². The number of rotatable bonds is 4. The van der Waals surface area contributed by atoms with Crippen molar-refractivity contribution in [1.82, 2.24) is 14.8 Å². The van der Waals surface area contributed by atoms with Gasteiger partial charge in [-0.2, -0.15) is 5.10 Å². The second kappa shape index (κ2) is 7.41. The van der Waals surface area contributed by atoms with Crippen molar-refractivity contribution in [3.8, 4) is 11.4 Å². The van der Waals surface area contributed by atoms with E-state index in [1.807, 2.05) is 6.07 Å². The lowest BCUT2D eigenvalue weighted by molar-refractivity contribution is 0.101. The Kier molecular flexibility index (Phi) is 4.81. The first kappa shape index (κ1) is 18.1. The Morgan fingerprint density at radius 2 is 2.07 bits per heavy atom. The molecule has 140 valence electrons. The highest BCUT2D eigenvalue weighted by molar-refractivity contribution is 7.22. The molecule has 2 aromatic heterocycles. The average Bonchev–Trinajstić information content (AvgIpc) is 3.09. The summed E-state index contributed by atoms with van der Waals surface area (Å²) < 4.78 is 7.47. The SMILES string of the molecule is COc1ccc2nc(NC(=O)c3nn(-c4cccc(Cl)c4)ccc3=O)sc2c1. The Hall–Kier alpha value is -3.23. The number of carbonyl (C=O) groups is 1. The largest absolute Gasteiger partial charge is 0.497 e. The monoisotopic (exact) mass is 412 g/mol. The normalized spacial score (nSPS) is 10.8. The van der Waals surface area contributed by atoms with Gasteiger partial charge in [0.1, 0.15) is 5.75 Å². The van der Waals surface area contributed by atoms with Crippen LogP contribution in [0.25, 0.3) is 15.9 Å². The zero-order valence-corrected chi connectivity index (χ0v) is 16.1. The van der Waals surface area contributed by atoms with E-state index in [0.29, 0.717) is 21.6 Å². The van der Waals surface area contributed by atoms with Gasteiger partial charge in [-0.15, -0.1) is 0 Å². The minimum absolute atomic E-state index is 0.237. The quantitative estimate of drug-likeness (QED) is 0.551. The number of hydrogen-bond acceptors (Lipinski definition) is 6. The maximum absolute atomic E-state index is 12.6. The summed E-state index contributed by atoms with van der Waals surface area (Å²) >= 11 is 7.28. The molecular weight excluding hydrogens is 400 g/mol. The van der Waals surface area contributed by atoms with Gasteiger partial charge in [-0.05, 0) is 36.4 Å². The Labute approximate surface area is 168 Å². The molecular formula is C19H13ClN4O3S. The van der Waals surface area contributed by atoms with Crippen LogP contribution in [-0.2, 0) is 0 Å². The Bertz CT molecular complexity index is 1250. The van der Waals surface area contributed by atoms with Gasteiger partial charge in [0.2, 0.25) is 5.43 Å². The summed E-state index contributed by atoms with van der Waals surface area (Å²) in [6, 6.07) is 13.6. The number of nitrogens with zero attached hydrogens (tertiary/aromatic N) is 3. The fraction of sp³-hybridized carbons (Fsp3) is 0.0526. The highest BCUT2D eigenvalue weighted by Gasteiger charge is 2.16. The van der Waals surface area contributed by atoms with Gasteiger partial charge in [-0.1, -0.05) is 29.0 Å². The van der Waals surface area contributed by atoms with Crippen LogP contribution in [0.2, 0.25) is 5.02 Å². The van der Waals surface area contributed by atoms with Gasteiger partial charge in [0.05, 0.1) is 23.0 Å². The standard InChI is InChI=1S/C19H13ClN4O3S/c1-27-13-5-6-14-16(10-13)28-19(21-14)22-18(26)17-15(25)7-8-24(23-17)12-4-2-3-11(20)9-12/h2-10H,1H3,(H,21,22,26). The molecule has 0 unspecified atom stereocenters. The van der Waals surface area contributed by atoms with Crippen LogP contribution in [0.4, 0.5) is 5.13 Å². The van der Waals surface area contributed by atoms with Gasteiger partial charge in [-0.25, -0.2) is 9.67 Å². The van der Waals surface area contributed by atoms with Crippen molar-refractivity contribution in [3.05, 3.63) is 75.7 Å². The molecule has 0 radical (unpaired) electrons. The molecule has 0 saturated heterocycles. The third-order valence-electron chi connectivity index (χ3n) is 3.91. The van der Waals surface area contributed by atoms with Crippen LogP contribution < -0.4 is 15.5 Å². The number of hydrogen-bond donors (Lipinski definition) is 1. The fourth-order valence-electron chi connectivity index (χ4n) is 2.57. The zero-order chi connectivity index (χ0) is 19.7. The molecule has 4 rings (SSSR count). The maximum Gasteiger partial charge on any atom is 0.281 e. The van der Waals surface area contributed by atoms with Crippen molar-refractivity contribution >= 4 is 44.2 Å². The van der Waals surface area contributed by atoms with Crippen LogP contribution >= 0.6 is 22.9 Å². The molecule has 0 aliphatic rings. The second-order valence-electron chi connectivity index (χ2n) is 5.76. The molecule has 0 atom stereocenters. The molecule has 1 amide bonds. The van der Waals surface area contributed by atoms with Crippen molar-refractivity contribution in [2.45, 2.75) is 0 Å². The van der Waals surface area contributed by atoms with E-state index < -0.39 is 11.3 Å². The summed E-state index contributed by atoms with van der Waals surface area (Å²) in [6.45, 7) is 0. The Morgan fingerprint density at radius 1 is 1.21 bits per heavy atom. The van der Waals surface area contributed by atoms with E-state index in [2.05, 4.69) is 15.4 Å². The number of nitrogens with one attached hydrogen (secondary N) is 1. The second-order valence-corrected chi connectivity index (χ2v) is 7.23. The number of benzene rings is 2. The van der Waals surface area contributed by atoms with E-state index in [-0.39, 0.29) is 5.69 Å². The Morgan fingerprint density at radius 3 is 2.86 bits per heavy atom. The van der Waals surface area contributed by atoms with E-state index in [9.17, 15) is 9.59 Å². The summed E-state index contributed by atoms with van der Waals surface area (Å²) in [5.74, 6) is 0.0653. The van der Waals surface area contributed by atoms with Gasteiger partial charge < -0.3 is 4.74 Å². The number of fused-ring (bicyclic) bond motifs is 1. The maximum atomic E-state index is 12.6. The number of carbonyl (C=O) groups excluding carboxylic acids is 1. The molecule has 0 fully saturated rings. The number of anilines is 1. The smallest absolute Gasteiger partial charge is 0.281 e. The van der Waals surface area contributed by atoms with Gasteiger partial charge in [0, 0.05) is 17.3 Å². The molecule has 2 heterocycles. The van der Waals surface area contributed by atoms with Gasteiger partial charge in [0.15, 0.2) is 10.8 Å². The summed E-state index contributed by atoms with van der Waals surface area (Å²) in [4.78, 5) is 29.1. The lowest BCUT2D eigenvalue weighted by atomic mass is 10.3. The van der Waals surface area contributed by atoms with Gasteiger partial charge in [0.25, 0.3) is 5.91 Å². The molecule has 1 N–H and O–H groups in total. The predicted molar refractivity (Wildman–Crippen MR) is 109 cm³/mol. The first-order valence-electron chi connectivity index (χ1n) is 8.15. The minimum atomic E-state index is -0.632. The van der Waals surface area contributed by atoms with Crippen LogP contribution in [0.5, 0.6) is 5.75 Å². The van der Waals surface area contributed by atoms with Crippen molar-refractivity contribution < 1.29 is 9.53 Å². The van der Waals surface area contributed by atoms with Crippen molar-refractivity contribution in [3.63, 3.8) is 0 Å². The zero-order valence-electron chi connectivity index (χ0n) is 14.5. The number of thiazole rings is 1. The van der Waals surface area contributed by atoms with Gasteiger partial charge in [-0.3, -0.25) is 14.9 Å². The number of aromatic nitrogens is 3. The minimum Gasteiger partial charge on any atom is -0.497 e. The van der Waals surface area contributed by atoms with Crippen LogP contribution in [0.3, 0.4) is 0 Å². The topological polar surface area (TPSA) is 86.1 Å². The number of halogens is 1. The fourth-order valence-corrected chi connectivity index (χ4v) is 3.64. The summed E-state index contributed by atoms with van der Waals surface area (Å²) in [5, 5.41) is 7.68. The first-order chi connectivity index (χ1) is 13.5. The number of amides is 1. The highest BCUT2D eigenvalue weighted by Crippen LogP contribution is 2.29. The lowest BCUT2D eigenvalue weighted by Crippen LogP contribution is -2.25. The van der Waals surface area contributed by atoms with Crippen LogP contribution in [0.15, 0.2) is 59.5 Å². The highest BCUT2D eigenvalue weighted by atomic mass is 35.5. The molecule has 0 spiro atoms. The molecule has 0 aliphatic carbocycles. The van der Waals surface area contributed by atoms with E-state index in [4.69, 9.17) is 16.3 Å². The summed E-state index contributed by atoms with van der Waals surface area (Å²) in [5.41, 5.74) is 0.630. The summed E-state index contributed by atoms with van der Waals surface area (Å²) in [6.07, 6.45) is 1.48. The van der Waals surface area contributed by atoms with Gasteiger partial charge >= 0.3 is 0 Å². The molecule has 28 heavy (non-hydrogen) atoms. The molecule has 0 bridgehead atoms. The lowest BCUT2D eigenvalue weighted by Gasteiger charge is -2.07. The third-order valence-corrected chi connectivity index (χ3v) is 5.08. The molecule has 2 aromatic carbocycles. The molecule has 0 aliphatic heterocycles. The van der Waals surface area contributed by atoms with Crippen LogP contribution in [0.1, 0.15) is 10.5 Å². The van der Waals surface area contributed by atoms with Crippen molar-refractivity contribution in [1.29, 1.82) is 0 Å².